The molecule has 0 aliphatic heterocycles. The third kappa shape index (κ3) is 7.45. The molecule has 1 aromatic rings. The Balaban J connectivity index is 2.06. The molecule has 1 amide bonds. The van der Waals surface area contributed by atoms with Crippen LogP contribution in [0.5, 0.6) is 0 Å². The van der Waals surface area contributed by atoms with E-state index in [1.165, 1.54) is 0 Å². The zero-order chi connectivity index (χ0) is 14.8. The van der Waals surface area contributed by atoms with E-state index in [4.69, 9.17) is 16.3 Å². The molecule has 5 nitrogen and oxygen atoms in total. The second-order valence-electron chi connectivity index (χ2n) is 4.42. The molecule has 0 heterocycles. The Morgan fingerprint density at radius 3 is 2.75 bits per heavy atom. The van der Waals surface area contributed by atoms with Crippen LogP contribution in [0.1, 0.15) is 12.0 Å². The van der Waals surface area contributed by atoms with Crippen LogP contribution in [-0.4, -0.2) is 43.9 Å². The second-order valence-corrected chi connectivity index (χ2v) is 4.86. The fourth-order valence-corrected chi connectivity index (χ4v) is 1.67. The van der Waals surface area contributed by atoms with Gasteiger partial charge in [0.25, 0.3) is 0 Å². The predicted octanol–water partition coefficient (Wildman–Crippen LogP) is 0.943. The molecule has 3 N–H and O–H groups in total. The lowest BCUT2D eigenvalue weighted by Gasteiger charge is -2.12. The van der Waals surface area contributed by atoms with Gasteiger partial charge in [-0.3, -0.25) is 4.79 Å². The summed E-state index contributed by atoms with van der Waals surface area (Å²) in [4.78, 5) is 11.0. The summed E-state index contributed by atoms with van der Waals surface area (Å²) < 4.78 is 5.41. The first-order chi connectivity index (χ1) is 9.61. The van der Waals surface area contributed by atoms with Crippen molar-refractivity contribution in [2.75, 3.05) is 26.7 Å². The Morgan fingerprint density at radius 2 is 2.10 bits per heavy atom. The maximum Gasteiger partial charge on any atom is 0.221 e. The number of benzene rings is 1. The molecule has 0 bridgehead atoms. The molecular formula is C14H21ClN2O3. The number of halogens is 1. The largest absolute Gasteiger partial charge is 0.389 e. The minimum Gasteiger partial charge on any atom is -0.389 e. The van der Waals surface area contributed by atoms with Crippen molar-refractivity contribution in [2.24, 2.45) is 0 Å². The molecule has 0 saturated heterocycles. The van der Waals surface area contributed by atoms with Gasteiger partial charge in [-0.2, -0.15) is 0 Å². The van der Waals surface area contributed by atoms with Crippen LogP contribution >= 0.6 is 11.6 Å². The van der Waals surface area contributed by atoms with Gasteiger partial charge in [-0.1, -0.05) is 23.7 Å². The molecule has 20 heavy (non-hydrogen) atoms. The molecule has 112 valence electrons. The zero-order valence-corrected chi connectivity index (χ0v) is 12.3. The SMILES string of the molecule is CNC(=O)CCNCC(O)COCc1ccc(Cl)cc1. The van der Waals surface area contributed by atoms with Crippen LogP contribution in [-0.2, 0) is 16.1 Å². The molecule has 0 radical (unpaired) electrons. The van der Waals surface area contributed by atoms with E-state index in [1.54, 1.807) is 19.2 Å². The number of amides is 1. The predicted molar refractivity (Wildman–Crippen MR) is 78.7 cm³/mol. The summed E-state index contributed by atoms with van der Waals surface area (Å²) in [7, 11) is 1.60. The van der Waals surface area contributed by atoms with Crippen molar-refractivity contribution in [1.29, 1.82) is 0 Å². The number of hydrogen-bond donors (Lipinski definition) is 3. The Morgan fingerprint density at radius 1 is 1.40 bits per heavy atom. The zero-order valence-electron chi connectivity index (χ0n) is 11.6. The van der Waals surface area contributed by atoms with Crippen LogP contribution in [0.15, 0.2) is 24.3 Å². The highest BCUT2D eigenvalue weighted by Crippen LogP contribution is 2.10. The minimum absolute atomic E-state index is 0.0222. The van der Waals surface area contributed by atoms with Gasteiger partial charge in [-0.05, 0) is 17.7 Å². The molecular weight excluding hydrogens is 280 g/mol. The summed E-state index contributed by atoms with van der Waals surface area (Å²) >= 11 is 5.78. The number of rotatable bonds is 9. The maximum atomic E-state index is 11.0. The average molecular weight is 301 g/mol. The first kappa shape index (κ1) is 16.9. The fraction of sp³-hybridized carbons (Fsp3) is 0.500. The highest BCUT2D eigenvalue weighted by atomic mass is 35.5. The number of aliphatic hydroxyl groups excluding tert-OH is 1. The lowest BCUT2D eigenvalue weighted by molar-refractivity contribution is -0.120. The molecule has 0 spiro atoms. The first-order valence-corrected chi connectivity index (χ1v) is 6.91. The summed E-state index contributed by atoms with van der Waals surface area (Å²) in [5.74, 6) is -0.0222. The molecule has 0 fully saturated rings. The topological polar surface area (TPSA) is 70.6 Å². The van der Waals surface area contributed by atoms with Crippen LogP contribution in [0, 0.1) is 0 Å². The summed E-state index contributed by atoms with van der Waals surface area (Å²) in [6.45, 7) is 1.62. The van der Waals surface area contributed by atoms with Gasteiger partial charge in [0.05, 0.1) is 19.3 Å². The van der Waals surface area contributed by atoms with Gasteiger partial charge in [0, 0.05) is 31.6 Å². The van der Waals surface area contributed by atoms with Crippen molar-refractivity contribution in [1.82, 2.24) is 10.6 Å². The summed E-state index contributed by atoms with van der Waals surface area (Å²) in [6.07, 6.45) is -0.193. The van der Waals surface area contributed by atoms with Gasteiger partial charge in [-0.15, -0.1) is 0 Å². The van der Waals surface area contributed by atoms with Crippen molar-refractivity contribution in [3.8, 4) is 0 Å². The van der Waals surface area contributed by atoms with Crippen molar-refractivity contribution >= 4 is 17.5 Å². The van der Waals surface area contributed by atoms with E-state index in [1.807, 2.05) is 12.1 Å². The van der Waals surface area contributed by atoms with Gasteiger partial charge in [0.15, 0.2) is 0 Å². The fourth-order valence-electron chi connectivity index (χ4n) is 1.55. The number of carbonyl (C=O) groups is 1. The van der Waals surface area contributed by atoms with E-state index in [9.17, 15) is 9.90 Å². The van der Waals surface area contributed by atoms with E-state index in [0.29, 0.717) is 31.1 Å². The quantitative estimate of drug-likeness (QED) is 0.594. The van der Waals surface area contributed by atoms with Crippen LogP contribution in [0.25, 0.3) is 0 Å². The van der Waals surface area contributed by atoms with Crippen molar-refractivity contribution in [3.05, 3.63) is 34.9 Å². The van der Waals surface area contributed by atoms with Gasteiger partial charge in [-0.25, -0.2) is 0 Å². The van der Waals surface area contributed by atoms with Gasteiger partial charge in [0.1, 0.15) is 0 Å². The summed E-state index contributed by atoms with van der Waals surface area (Å²) in [5, 5.41) is 15.9. The monoisotopic (exact) mass is 300 g/mol. The maximum absolute atomic E-state index is 11.0. The van der Waals surface area contributed by atoms with Crippen molar-refractivity contribution in [3.63, 3.8) is 0 Å². The number of carbonyl (C=O) groups excluding carboxylic acids is 1. The van der Waals surface area contributed by atoms with E-state index in [-0.39, 0.29) is 12.5 Å². The first-order valence-electron chi connectivity index (χ1n) is 6.53. The van der Waals surface area contributed by atoms with E-state index in [0.717, 1.165) is 5.56 Å². The van der Waals surface area contributed by atoms with E-state index in [2.05, 4.69) is 10.6 Å². The lowest BCUT2D eigenvalue weighted by atomic mass is 10.2. The van der Waals surface area contributed by atoms with E-state index < -0.39 is 6.10 Å². The normalized spacial score (nSPS) is 12.2. The smallest absolute Gasteiger partial charge is 0.221 e. The summed E-state index contributed by atoms with van der Waals surface area (Å²) in [6, 6.07) is 7.38. The van der Waals surface area contributed by atoms with Gasteiger partial charge in [0.2, 0.25) is 5.91 Å². The van der Waals surface area contributed by atoms with Gasteiger partial charge >= 0.3 is 0 Å². The van der Waals surface area contributed by atoms with Crippen LogP contribution < -0.4 is 10.6 Å². The molecule has 1 unspecified atom stereocenters. The van der Waals surface area contributed by atoms with E-state index >= 15 is 0 Å². The Labute approximate surface area is 124 Å². The average Bonchev–Trinajstić information content (AvgIpc) is 2.45. The lowest BCUT2D eigenvalue weighted by Crippen LogP contribution is -2.33. The standard InChI is InChI=1S/C14H21ClN2O3/c1-16-14(19)6-7-17-8-13(18)10-20-9-11-2-4-12(15)5-3-11/h2-5,13,17-18H,6-10H2,1H3,(H,16,19). The van der Waals surface area contributed by atoms with Crippen LogP contribution in [0.3, 0.4) is 0 Å². The molecule has 0 aliphatic carbocycles. The highest BCUT2D eigenvalue weighted by Gasteiger charge is 2.05. The highest BCUT2D eigenvalue weighted by molar-refractivity contribution is 6.30. The molecule has 1 atom stereocenters. The van der Waals surface area contributed by atoms with Crippen molar-refractivity contribution < 1.29 is 14.6 Å². The number of ether oxygens (including phenoxy) is 1. The molecule has 0 aliphatic rings. The Kier molecular flexibility index (Phi) is 8.22. The molecule has 0 saturated carbocycles. The summed E-state index contributed by atoms with van der Waals surface area (Å²) in [5.41, 5.74) is 1.01. The third-order valence-corrected chi connectivity index (χ3v) is 2.93. The number of nitrogens with one attached hydrogen (secondary N) is 2. The number of aliphatic hydroxyl groups is 1. The molecule has 1 rings (SSSR count). The molecule has 1 aromatic carbocycles. The number of hydrogen-bond acceptors (Lipinski definition) is 4. The Bertz CT molecular complexity index is 398. The van der Waals surface area contributed by atoms with Crippen molar-refractivity contribution in [2.45, 2.75) is 19.1 Å². The minimum atomic E-state index is -0.591. The van der Waals surface area contributed by atoms with Crippen LogP contribution in [0.2, 0.25) is 5.02 Å². The third-order valence-electron chi connectivity index (χ3n) is 2.68. The molecule has 0 aromatic heterocycles. The molecule has 6 heteroatoms. The Hall–Kier alpha value is -1.14. The van der Waals surface area contributed by atoms with Crippen LogP contribution in [0.4, 0.5) is 0 Å². The second kappa shape index (κ2) is 9.72. The van der Waals surface area contributed by atoms with Gasteiger partial charge < -0.3 is 20.5 Å².